The molecule has 9 heteroatoms. The Morgan fingerprint density at radius 2 is 2.12 bits per heavy atom. The number of anilines is 2. The maximum Gasteiger partial charge on any atom is 0.211 e. The molecule has 7 nitrogen and oxygen atoms in total. The Kier molecular flexibility index (Phi) is 6.59. The number of nitrogens with two attached hydrogens (primary N) is 2. The van der Waals surface area contributed by atoms with E-state index in [9.17, 15) is 0 Å². The third kappa shape index (κ3) is 5.19. The van der Waals surface area contributed by atoms with E-state index in [-0.39, 0.29) is 0 Å². The molecule has 2 heterocycles. The molecule has 2 aromatic heterocycles. The van der Waals surface area contributed by atoms with Gasteiger partial charge < -0.3 is 21.5 Å². The van der Waals surface area contributed by atoms with Gasteiger partial charge >= 0.3 is 0 Å². The highest BCUT2D eigenvalue weighted by Gasteiger charge is 2.18. The van der Waals surface area contributed by atoms with Crippen LogP contribution in [0.1, 0.15) is 23.4 Å². The molecule has 0 spiro atoms. The van der Waals surface area contributed by atoms with Crippen molar-refractivity contribution in [3.63, 3.8) is 0 Å². The van der Waals surface area contributed by atoms with Gasteiger partial charge in [-0.15, -0.1) is 10.2 Å². The number of nitrogens with one attached hydrogen (secondary N) is 1. The van der Waals surface area contributed by atoms with Crippen molar-refractivity contribution < 1.29 is 4.74 Å². The predicted octanol–water partition coefficient (Wildman–Crippen LogP) is 4.54. The first kappa shape index (κ1) is 21.7. The Bertz CT molecular complexity index is 1250. The van der Waals surface area contributed by atoms with E-state index in [1.165, 1.54) is 30.4 Å². The molecule has 0 atom stereocenters. The van der Waals surface area contributed by atoms with Gasteiger partial charge in [0.1, 0.15) is 10.9 Å². The van der Waals surface area contributed by atoms with Crippen LogP contribution in [0, 0.1) is 17.8 Å². The fraction of sp³-hybridized carbons (Fsp3) is 0.174. The molecule has 1 aliphatic rings. The average Bonchev–Trinajstić information content (AvgIpc) is 3.54. The fourth-order valence-electron chi connectivity index (χ4n) is 2.93. The van der Waals surface area contributed by atoms with E-state index < -0.39 is 0 Å². The summed E-state index contributed by atoms with van der Waals surface area (Å²) in [6.45, 7) is 0. The van der Waals surface area contributed by atoms with Crippen molar-refractivity contribution in [3.8, 4) is 28.7 Å². The van der Waals surface area contributed by atoms with E-state index in [0.29, 0.717) is 32.7 Å². The first-order chi connectivity index (χ1) is 15.6. The van der Waals surface area contributed by atoms with Crippen LogP contribution in [0.2, 0.25) is 5.15 Å². The highest BCUT2D eigenvalue weighted by Crippen LogP contribution is 2.39. The molecule has 3 aromatic rings. The molecule has 1 aliphatic carbocycles. The molecule has 162 valence electrons. The van der Waals surface area contributed by atoms with Crippen LogP contribution in [0.4, 0.5) is 10.8 Å². The average molecular weight is 465 g/mol. The lowest BCUT2D eigenvalue weighted by Gasteiger charge is -2.15. The van der Waals surface area contributed by atoms with Gasteiger partial charge in [-0.2, -0.15) is 0 Å². The molecule has 0 aliphatic heterocycles. The minimum atomic E-state index is 0.347. The van der Waals surface area contributed by atoms with Crippen molar-refractivity contribution in [1.82, 2.24) is 15.2 Å². The number of allylic oxidation sites excluding steroid dienone is 2. The number of aromatic nitrogens is 3. The molecular formula is C23H21ClN6OS. The maximum atomic E-state index is 6.23. The molecule has 0 unspecified atom stereocenters. The van der Waals surface area contributed by atoms with Gasteiger partial charge in [-0.3, -0.25) is 0 Å². The zero-order valence-corrected chi connectivity index (χ0v) is 18.9. The molecule has 5 N–H and O–H groups in total. The van der Waals surface area contributed by atoms with Crippen molar-refractivity contribution in [2.75, 3.05) is 12.4 Å². The smallest absolute Gasteiger partial charge is 0.211 e. The van der Waals surface area contributed by atoms with E-state index in [0.717, 1.165) is 22.4 Å². The number of pyridine rings is 1. The van der Waals surface area contributed by atoms with E-state index in [2.05, 4.69) is 32.3 Å². The van der Waals surface area contributed by atoms with E-state index in [4.69, 9.17) is 27.8 Å². The summed E-state index contributed by atoms with van der Waals surface area (Å²) in [4.78, 5) is 4.12. The van der Waals surface area contributed by atoms with E-state index in [1.807, 2.05) is 18.2 Å². The molecule has 0 amide bonds. The fourth-order valence-corrected chi connectivity index (χ4v) is 3.71. The van der Waals surface area contributed by atoms with Crippen molar-refractivity contribution >= 4 is 39.5 Å². The highest BCUT2D eigenvalue weighted by molar-refractivity contribution is 7.15. The van der Waals surface area contributed by atoms with Crippen LogP contribution in [-0.4, -0.2) is 22.3 Å². The van der Waals surface area contributed by atoms with Crippen molar-refractivity contribution in [2.45, 2.75) is 12.8 Å². The summed E-state index contributed by atoms with van der Waals surface area (Å²) in [5.41, 5.74) is 15.4. The molecule has 1 saturated carbocycles. The molecular weight excluding hydrogens is 444 g/mol. The third-order valence-electron chi connectivity index (χ3n) is 4.71. The van der Waals surface area contributed by atoms with Gasteiger partial charge in [-0.1, -0.05) is 34.9 Å². The van der Waals surface area contributed by atoms with Crippen LogP contribution >= 0.6 is 22.9 Å². The van der Waals surface area contributed by atoms with Crippen LogP contribution in [0.5, 0.6) is 5.75 Å². The molecule has 1 aromatic carbocycles. The first-order valence-electron chi connectivity index (χ1n) is 9.88. The highest BCUT2D eigenvalue weighted by atomic mass is 35.5. The number of methoxy groups -OCH3 is 1. The van der Waals surface area contributed by atoms with Gasteiger partial charge in [-0.05, 0) is 60.9 Å². The summed E-state index contributed by atoms with van der Waals surface area (Å²) < 4.78 is 5.52. The summed E-state index contributed by atoms with van der Waals surface area (Å²) in [5, 5.41) is 13.4. The Hall–Kier alpha value is -3.54. The predicted molar refractivity (Wildman–Crippen MR) is 130 cm³/mol. The summed E-state index contributed by atoms with van der Waals surface area (Å²) in [6, 6.07) is 7.52. The number of hydrogen-bond acceptors (Lipinski definition) is 8. The second-order valence-electron chi connectivity index (χ2n) is 7.06. The lowest BCUT2D eigenvalue weighted by molar-refractivity contribution is 0.414. The zero-order chi connectivity index (χ0) is 22.5. The van der Waals surface area contributed by atoms with Gasteiger partial charge in [0, 0.05) is 28.4 Å². The summed E-state index contributed by atoms with van der Waals surface area (Å²) in [6.07, 6.45) is 8.76. The van der Waals surface area contributed by atoms with Gasteiger partial charge in [0.25, 0.3) is 0 Å². The Morgan fingerprint density at radius 3 is 2.88 bits per heavy atom. The van der Waals surface area contributed by atoms with Crippen LogP contribution < -0.4 is 21.5 Å². The Labute approximate surface area is 195 Å². The minimum Gasteiger partial charge on any atom is -0.494 e. The standard InChI is InChI=1S/C23H21ClN6OS/c1-31-20-13-27-21(24)12-17(20)16-11-15(18(26)3-2-10-25)7-8-19(16)28-23-30-29-22(32-23)9-6-14-4-5-14/h2-3,7-8,10-14H,4-5,25-26H2,1H3,(H,28,30)/b10-2-,18-3-. The summed E-state index contributed by atoms with van der Waals surface area (Å²) in [5.74, 6) is 7.38. The van der Waals surface area contributed by atoms with Crippen LogP contribution in [-0.2, 0) is 0 Å². The van der Waals surface area contributed by atoms with Gasteiger partial charge in [0.15, 0.2) is 5.01 Å². The van der Waals surface area contributed by atoms with Crippen LogP contribution in [0.15, 0.2) is 48.8 Å². The van der Waals surface area contributed by atoms with Crippen LogP contribution in [0.3, 0.4) is 0 Å². The molecule has 1 fully saturated rings. The number of ether oxygens (including phenoxy) is 1. The van der Waals surface area contributed by atoms with E-state index in [1.54, 1.807) is 31.5 Å². The van der Waals surface area contributed by atoms with Crippen molar-refractivity contribution in [1.29, 1.82) is 0 Å². The number of rotatable bonds is 6. The number of hydrogen-bond donors (Lipinski definition) is 3. The zero-order valence-electron chi connectivity index (χ0n) is 17.3. The SMILES string of the molecule is COc1cnc(Cl)cc1-c1cc(/C(N)=C/C=C\N)ccc1Nc1nnc(C#CC2CC2)s1. The quantitative estimate of drug-likeness (QED) is 0.279. The Morgan fingerprint density at radius 1 is 1.28 bits per heavy atom. The second-order valence-corrected chi connectivity index (χ2v) is 8.42. The van der Waals surface area contributed by atoms with E-state index >= 15 is 0 Å². The van der Waals surface area contributed by atoms with Crippen LogP contribution in [0.25, 0.3) is 16.8 Å². The monoisotopic (exact) mass is 464 g/mol. The lowest BCUT2D eigenvalue weighted by Crippen LogP contribution is -2.00. The summed E-state index contributed by atoms with van der Waals surface area (Å²) >= 11 is 7.59. The Balaban J connectivity index is 1.75. The maximum absolute atomic E-state index is 6.23. The molecule has 0 radical (unpaired) electrons. The minimum absolute atomic E-state index is 0.347. The molecule has 4 rings (SSSR count). The number of halogens is 1. The second kappa shape index (κ2) is 9.73. The van der Waals surface area contributed by atoms with Gasteiger partial charge in [0.2, 0.25) is 5.13 Å². The molecule has 0 bridgehead atoms. The topological polar surface area (TPSA) is 112 Å². The largest absolute Gasteiger partial charge is 0.494 e. The van der Waals surface area contributed by atoms with Gasteiger partial charge in [0.05, 0.1) is 13.3 Å². The third-order valence-corrected chi connectivity index (χ3v) is 5.67. The van der Waals surface area contributed by atoms with Crippen molar-refractivity contribution in [2.24, 2.45) is 17.4 Å². The first-order valence-corrected chi connectivity index (χ1v) is 11.1. The number of nitrogens with zero attached hydrogens (tertiary/aromatic N) is 3. The molecule has 32 heavy (non-hydrogen) atoms. The van der Waals surface area contributed by atoms with Crippen molar-refractivity contribution in [3.05, 3.63) is 64.5 Å². The number of benzene rings is 1. The lowest BCUT2D eigenvalue weighted by atomic mass is 9.99. The molecule has 0 saturated heterocycles. The normalized spacial score (nSPS) is 13.6. The van der Waals surface area contributed by atoms with Gasteiger partial charge in [-0.25, -0.2) is 4.98 Å². The summed E-state index contributed by atoms with van der Waals surface area (Å²) in [7, 11) is 1.58.